The second-order valence-corrected chi connectivity index (χ2v) is 6.27. The maximum atomic E-state index is 13.6. The van der Waals surface area contributed by atoms with Crippen LogP contribution < -0.4 is 10.1 Å². The minimum Gasteiger partial charge on any atom is -0.487 e. The number of hydrogen-bond donors (Lipinski definition) is 1. The lowest BCUT2D eigenvalue weighted by Crippen LogP contribution is -2.25. The smallest absolute Gasteiger partial charge is 0.145 e. The highest BCUT2D eigenvalue weighted by Gasteiger charge is 2.18. The number of benzene rings is 2. The van der Waals surface area contributed by atoms with Crippen LogP contribution in [0.3, 0.4) is 0 Å². The van der Waals surface area contributed by atoms with E-state index in [1.54, 1.807) is 0 Å². The van der Waals surface area contributed by atoms with Crippen molar-refractivity contribution in [3.8, 4) is 5.75 Å². The molecule has 21 heavy (non-hydrogen) atoms. The number of halogens is 3. The number of para-hydroxylation sites is 1. The van der Waals surface area contributed by atoms with Gasteiger partial charge in [0, 0.05) is 11.8 Å². The first-order valence-corrected chi connectivity index (χ1v) is 7.93. The van der Waals surface area contributed by atoms with E-state index in [0.29, 0.717) is 16.8 Å². The fourth-order valence-corrected chi connectivity index (χ4v) is 3.16. The van der Waals surface area contributed by atoms with E-state index in [0.717, 1.165) is 18.5 Å². The molecule has 110 valence electrons. The summed E-state index contributed by atoms with van der Waals surface area (Å²) >= 11 is 9.10. The first-order valence-electron chi connectivity index (χ1n) is 6.76. The number of hydrogen-bond acceptors (Lipinski definition) is 2. The third-order valence-electron chi connectivity index (χ3n) is 3.54. The van der Waals surface area contributed by atoms with Gasteiger partial charge < -0.3 is 10.1 Å². The van der Waals surface area contributed by atoms with E-state index in [1.807, 2.05) is 12.1 Å². The molecule has 0 fully saturated rings. The Morgan fingerprint density at radius 2 is 2.10 bits per heavy atom. The molecule has 1 N–H and O–H groups in total. The predicted molar refractivity (Wildman–Crippen MR) is 86.8 cm³/mol. The molecule has 2 nitrogen and oxygen atoms in total. The van der Waals surface area contributed by atoms with Gasteiger partial charge in [0.15, 0.2) is 0 Å². The molecule has 0 spiro atoms. The van der Waals surface area contributed by atoms with Crippen LogP contribution in [0.15, 0.2) is 40.9 Å². The summed E-state index contributed by atoms with van der Waals surface area (Å²) in [5.41, 5.74) is 2.43. The van der Waals surface area contributed by atoms with E-state index in [9.17, 15) is 4.39 Å². The zero-order valence-corrected chi connectivity index (χ0v) is 13.5. The number of nitrogens with one attached hydrogen (secondary N) is 1. The Morgan fingerprint density at radius 1 is 1.29 bits per heavy atom. The van der Waals surface area contributed by atoms with Gasteiger partial charge in [-0.2, -0.15) is 0 Å². The van der Waals surface area contributed by atoms with Crippen LogP contribution in [0.5, 0.6) is 5.75 Å². The molecule has 0 bridgehead atoms. The number of ether oxygens (including phenoxy) is 1. The van der Waals surface area contributed by atoms with Crippen molar-refractivity contribution in [1.82, 2.24) is 0 Å². The van der Waals surface area contributed by atoms with Crippen LogP contribution in [0, 0.1) is 5.82 Å². The Labute approximate surface area is 136 Å². The summed E-state index contributed by atoms with van der Waals surface area (Å²) in [6.45, 7) is 0.688. The summed E-state index contributed by atoms with van der Waals surface area (Å²) in [6, 6.07) is 11.1. The fraction of sp³-hybridized carbons (Fsp3) is 0.250. The molecule has 0 saturated carbocycles. The lowest BCUT2D eigenvalue weighted by atomic mass is 10.1. The van der Waals surface area contributed by atoms with Gasteiger partial charge in [-0.3, -0.25) is 0 Å². The predicted octanol–water partition coefficient (Wildman–Crippen LogP) is 5.05. The van der Waals surface area contributed by atoms with Crippen molar-refractivity contribution < 1.29 is 9.13 Å². The molecule has 2 aromatic carbocycles. The largest absolute Gasteiger partial charge is 0.487 e. The van der Waals surface area contributed by atoms with E-state index >= 15 is 0 Å². The number of anilines is 1. The normalized spacial score (nSPS) is 17.6. The van der Waals surface area contributed by atoms with Gasteiger partial charge in [-0.05, 0) is 46.5 Å². The molecule has 2 aromatic rings. The molecule has 0 amide bonds. The molecule has 0 radical (unpaired) electrons. The van der Waals surface area contributed by atoms with Crippen LogP contribution in [-0.4, -0.2) is 12.6 Å². The molecule has 1 aliphatic heterocycles. The molecule has 3 rings (SSSR count). The van der Waals surface area contributed by atoms with Gasteiger partial charge >= 0.3 is 0 Å². The molecule has 5 heteroatoms. The lowest BCUT2D eigenvalue weighted by Gasteiger charge is -2.18. The van der Waals surface area contributed by atoms with E-state index in [4.69, 9.17) is 16.3 Å². The lowest BCUT2D eigenvalue weighted by molar-refractivity contribution is 0.204. The molecule has 0 saturated heterocycles. The quantitative estimate of drug-likeness (QED) is 0.747. The molecule has 1 aliphatic rings. The maximum Gasteiger partial charge on any atom is 0.145 e. The minimum atomic E-state index is -0.472. The van der Waals surface area contributed by atoms with Crippen LogP contribution in [0.25, 0.3) is 0 Å². The van der Waals surface area contributed by atoms with Crippen LogP contribution in [0.4, 0.5) is 10.1 Å². The maximum absolute atomic E-state index is 13.6. The summed E-state index contributed by atoms with van der Waals surface area (Å²) in [5, 5.41) is 3.46. The van der Waals surface area contributed by atoms with Crippen molar-refractivity contribution in [2.24, 2.45) is 0 Å². The minimum absolute atomic E-state index is 0.0192. The van der Waals surface area contributed by atoms with Crippen LogP contribution in [0.1, 0.15) is 12.0 Å². The Balaban J connectivity index is 1.74. The van der Waals surface area contributed by atoms with Crippen molar-refractivity contribution in [1.29, 1.82) is 0 Å². The second kappa shape index (κ2) is 6.24. The molecule has 1 heterocycles. The molecule has 0 aliphatic carbocycles. The summed E-state index contributed by atoms with van der Waals surface area (Å²) in [5.74, 6) is 0.00869. The topological polar surface area (TPSA) is 21.3 Å². The average molecular weight is 371 g/mol. The fourth-order valence-electron chi connectivity index (χ4n) is 2.43. The van der Waals surface area contributed by atoms with Gasteiger partial charge in [0.2, 0.25) is 0 Å². The van der Waals surface area contributed by atoms with E-state index in [-0.39, 0.29) is 11.1 Å². The zero-order valence-electron chi connectivity index (χ0n) is 11.2. The van der Waals surface area contributed by atoms with Gasteiger partial charge in [0.1, 0.15) is 17.7 Å². The Hall–Kier alpha value is -1.26. The standard InChI is InChI=1S/C16H14BrClFNO/c17-12-7-13(18)14(19)8-16(12)21-11-6-5-10-3-1-2-4-15(10)20-9-11/h1-4,7-8,11,20H,5-6,9H2. The Bertz CT molecular complexity index is 638. The SMILES string of the molecule is Fc1cc(OC2CCc3ccccc3NC2)c(Br)cc1Cl. The molecule has 1 unspecified atom stereocenters. The summed E-state index contributed by atoms with van der Waals surface area (Å²) in [6.07, 6.45) is 1.79. The summed E-state index contributed by atoms with van der Waals surface area (Å²) in [7, 11) is 0. The van der Waals surface area contributed by atoms with Gasteiger partial charge in [0.05, 0.1) is 16.0 Å². The van der Waals surface area contributed by atoms with Crippen molar-refractivity contribution >= 4 is 33.2 Å². The number of rotatable bonds is 2. The van der Waals surface area contributed by atoms with Crippen LogP contribution >= 0.6 is 27.5 Å². The monoisotopic (exact) mass is 369 g/mol. The van der Waals surface area contributed by atoms with Crippen molar-refractivity contribution in [3.63, 3.8) is 0 Å². The van der Waals surface area contributed by atoms with Gasteiger partial charge in [-0.15, -0.1) is 0 Å². The zero-order chi connectivity index (χ0) is 14.8. The highest BCUT2D eigenvalue weighted by Crippen LogP contribution is 2.32. The van der Waals surface area contributed by atoms with E-state index < -0.39 is 5.82 Å². The molecular weight excluding hydrogens is 357 g/mol. The van der Waals surface area contributed by atoms with Crippen molar-refractivity contribution in [2.75, 3.05) is 11.9 Å². The highest BCUT2D eigenvalue weighted by atomic mass is 79.9. The first kappa shape index (κ1) is 14.7. The number of aryl methyl sites for hydroxylation is 1. The van der Waals surface area contributed by atoms with Crippen LogP contribution in [0.2, 0.25) is 5.02 Å². The van der Waals surface area contributed by atoms with E-state index in [1.165, 1.54) is 17.7 Å². The summed E-state index contributed by atoms with van der Waals surface area (Å²) in [4.78, 5) is 0. The van der Waals surface area contributed by atoms with Gasteiger partial charge in [-0.1, -0.05) is 29.8 Å². The van der Waals surface area contributed by atoms with Crippen molar-refractivity contribution in [3.05, 3.63) is 57.3 Å². The van der Waals surface area contributed by atoms with Crippen LogP contribution in [-0.2, 0) is 6.42 Å². The average Bonchev–Trinajstić information content (AvgIpc) is 2.68. The molecule has 0 aromatic heterocycles. The number of fused-ring (bicyclic) bond motifs is 1. The summed E-state index contributed by atoms with van der Waals surface area (Å²) < 4.78 is 20.1. The highest BCUT2D eigenvalue weighted by molar-refractivity contribution is 9.10. The Kier molecular flexibility index (Phi) is 4.36. The molecule has 1 atom stereocenters. The van der Waals surface area contributed by atoms with Gasteiger partial charge in [-0.25, -0.2) is 4.39 Å². The third-order valence-corrected chi connectivity index (χ3v) is 4.45. The second-order valence-electron chi connectivity index (χ2n) is 5.01. The third kappa shape index (κ3) is 3.33. The first-order chi connectivity index (χ1) is 10.1. The molecular formula is C16H14BrClFNO. The van der Waals surface area contributed by atoms with Gasteiger partial charge in [0.25, 0.3) is 0 Å². The van der Waals surface area contributed by atoms with Crippen molar-refractivity contribution in [2.45, 2.75) is 18.9 Å². The Morgan fingerprint density at radius 3 is 2.95 bits per heavy atom. The van der Waals surface area contributed by atoms with E-state index in [2.05, 4.69) is 33.4 Å².